The minimum Gasteiger partial charge on any atom is -0.337 e. The maximum Gasteiger partial charge on any atom is 0.270 e. The molecule has 1 amide bonds. The molecule has 0 aromatic carbocycles. The van der Waals surface area contributed by atoms with Crippen molar-refractivity contribution in [3.05, 3.63) is 63.5 Å². The first kappa shape index (κ1) is 16.2. The Morgan fingerprint density at radius 2 is 2.15 bits per heavy atom. The highest BCUT2D eigenvalue weighted by Crippen LogP contribution is 2.43. The van der Waals surface area contributed by atoms with E-state index >= 15 is 0 Å². The highest BCUT2D eigenvalue weighted by Gasteiger charge is 2.44. The average molecular weight is 363 g/mol. The van der Waals surface area contributed by atoms with E-state index < -0.39 is 0 Å². The summed E-state index contributed by atoms with van der Waals surface area (Å²) in [5, 5.41) is 7.34. The number of nitrogens with one attached hydrogen (secondary N) is 1. The lowest BCUT2D eigenvalue weighted by atomic mass is 9.77. The number of aromatic nitrogens is 4. The molecule has 0 radical (unpaired) electrons. The van der Waals surface area contributed by atoms with Crippen LogP contribution in [-0.2, 0) is 11.8 Å². The van der Waals surface area contributed by atoms with Crippen molar-refractivity contribution in [3.8, 4) is 0 Å². The van der Waals surface area contributed by atoms with Crippen molar-refractivity contribution >= 4 is 11.6 Å². The van der Waals surface area contributed by atoms with Crippen molar-refractivity contribution in [3.63, 3.8) is 0 Å². The Bertz CT molecular complexity index is 1120. The Morgan fingerprint density at radius 1 is 1.26 bits per heavy atom. The van der Waals surface area contributed by atoms with E-state index in [4.69, 9.17) is 0 Å². The number of amides is 1. The third-order valence-electron chi connectivity index (χ3n) is 6.14. The largest absolute Gasteiger partial charge is 0.337 e. The molecule has 1 atom stereocenters. The predicted octanol–water partition coefficient (Wildman–Crippen LogP) is 1.85. The van der Waals surface area contributed by atoms with Gasteiger partial charge in [0.1, 0.15) is 11.2 Å². The fraction of sp³-hybridized carbons (Fsp3) is 0.400. The van der Waals surface area contributed by atoms with E-state index in [1.54, 1.807) is 6.07 Å². The van der Waals surface area contributed by atoms with Gasteiger partial charge in [0.2, 0.25) is 0 Å². The van der Waals surface area contributed by atoms with E-state index in [1.165, 1.54) is 21.9 Å². The number of rotatable bonds is 1. The summed E-state index contributed by atoms with van der Waals surface area (Å²) in [6.45, 7) is 3.13. The molecule has 3 aromatic rings. The monoisotopic (exact) mass is 363 g/mol. The number of nitrogens with zero attached hydrogens (tertiary/aromatic N) is 4. The second-order valence-corrected chi connectivity index (χ2v) is 7.72. The Labute approximate surface area is 156 Å². The Morgan fingerprint density at radius 3 is 3.04 bits per heavy atom. The number of hydrogen-bond acceptors (Lipinski definition) is 4. The molecule has 1 fully saturated rings. The van der Waals surface area contributed by atoms with E-state index in [0.29, 0.717) is 18.7 Å². The fourth-order valence-corrected chi connectivity index (χ4v) is 4.76. The first-order chi connectivity index (χ1) is 13.1. The van der Waals surface area contributed by atoms with E-state index in [0.717, 1.165) is 31.4 Å². The van der Waals surface area contributed by atoms with Gasteiger partial charge in [0.25, 0.3) is 11.5 Å². The molecule has 138 valence electrons. The van der Waals surface area contributed by atoms with Crippen LogP contribution < -0.4 is 5.56 Å². The van der Waals surface area contributed by atoms with Crippen LogP contribution in [0.15, 0.2) is 35.4 Å². The second-order valence-electron chi connectivity index (χ2n) is 7.72. The van der Waals surface area contributed by atoms with Gasteiger partial charge in [-0.25, -0.2) is 4.98 Å². The zero-order valence-electron chi connectivity index (χ0n) is 15.2. The van der Waals surface area contributed by atoms with Crippen LogP contribution in [0.1, 0.15) is 46.6 Å². The van der Waals surface area contributed by atoms with Crippen molar-refractivity contribution in [2.24, 2.45) is 0 Å². The SMILES string of the molecule is Cc1cccc2ncc(C(=O)N3CCCC4(CCc5cn[nH]c54)C3)c(=O)n12. The van der Waals surface area contributed by atoms with E-state index in [1.807, 2.05) is 30.2 Å². The average Bonchev–Trinajstić information content (AvgIpc) is 3.27. The number of hydrogen-bond donors (Lipinski definition) is 1. The van der Waals surface area contributed by atoms with E-state index in [2.05, 4.69) is 15.2 Å². The van der Waals surface area contributed by atoms with E-state index in [-0.39, 0.29) is 22.4 Å². The van der Waals surface area contributed by atoms with Crippen molar-refractivity contribution < 1.29 is 4.79 Å². The summed E-state index contributed by atoms with van der Waals surface area (Å²) in [6, 6.07) is 5.48. The molecular weight excluding hydrogens is 342 g/mol. The molecule has 7 nitrogen and oxygen atoms in total. The highest BCUT2D eigenvalue weighted by atomic mass is 16.2. The molecular formula is C20H21N5O2. The Balaban J connectivity index is 1.52. The van der Waals surface area contributed by atoms with Crippen molar-refractivity contribution in [1.82, 2.24) is 24.5 Å². The molecule has 0 saturated carbocycles. The van der Waals surface area contributed by atoms with Crippen LogP contribution in [0.2, 0.25) is 0 Å². The van der Waals surface area contributed by atoms with Gasteiger partial charge in [0, 0.05) is 36.1 Å². The van der Waals surface area contributed by atoms with Gasteiger partial charge in [-0.1, -0.05) is 6.07 Å². The third-order valence-corrected chi connectivity index (χ3v) is 6.14. The molecule has 2 aliphatic rings. The normalized spacial score (nSPS) is 21.7. The fourth-order valence-electron chi connectivity index (χ4n) is 4.76. The number of aryl methyl sites for hydroxylation is 2. The number of piperidine rings is 1. The molecule has 1 unspecified atom stereocenters. The van der Waals surface area contributed by atoms with Crippen LogP contribution in [0.4, 0.5) is 0 Å². The Kier molecular flexibility index (Phi) is 3.47. The summed E-state index contributed by atoms with van der Waals surface area (Å²) < 4.78 is 1.51. The van der Waals surface area contributed by atoms with Gasteiger partial charge in [-0.05, 0) is 50.3 Å². The molecule has 1 N–H and O–H groups in total. The van der Waals surface area contributed by atoms with Crippen LogP contribution in [0.3, 0.4) is 0 Å². The van der Waals surface area contributed by atoms with Crippen molar-refractivity contribution in [2.45, 2.75) is 38.0 Å². The quantitative estimate of drug-likeness (QED) is 0.715. The van der Waals surface area contributed by atoms with Crippen LogP contribution in [0, 0.1) is 6.92 Å². The first-order valence-corrected chi connectivity index (χ1v) is 9.38. The molecule has 0 bridgehead atoms. The van der Waals surface area contributed by atoms with Crippen molar-refractivity contribution in [2.75, 3.05) is 13.1 Å². The van der Waals surface area contributed by atoms with Gasteiger partial charge in [0.05, 0.1) is 6.20 Å². The molecule has 1 aliphatic carbocycles. The molecule has 4 heterocycles. The summed E-state index contributed by atoms with van der Waals surface area (Å²) in [5.74, 6) is -0.225. The summed E-state index contributed by atoms with van der Waals surface area (Å²) >= 11 is 0. The molecule has 3 aromatic heterocycles. The number of H-pyrrole nitrogens is 1. The Hall–Kier alpha value is -2.96. The molecule has 1 saturated heterocycles. The summed E-state index contributed by atoms with van der Waals surface area (Å²) in [4.78, 5) is 32.3. The smallest absolute Gasteiger partial charge is 0.270 e. The van der Waals surface area contributed by atoms with Crippen LogP contribution in [0.5, 0.6) is 0 Å². The van der Waals surface area contributed by atoms with Crippen LogP contribution >= 0.6 is 0 Å². The lowest BCUT2D eigenvalue weighted by Gasteiger charge is -2.40. The molecule has 1 aliphatic heterocycles. The molecule has 27 heavy (non-hydrogen) atoms. The molecule has 7 heteroatoms. The van der Waals surface area contributed by atoms with Gasteiger partial charge in [0.15, 0.2) is 0 Å². The van der Waals surface area contributed by atoms with Crippen LogP contribution in [-0.4, -0.2) is 43.5 Å². The minimum atomic E-state index is -0.295. The van der Waals surface area contributed by atoms with Gasteiger partial charge in [-0.15, -0.1) is 0 Å². The van der Waals surface area contributed by atoms with Gasteiger partial charge in [-0.2, -0.15) is 5.10 Å². The zero-order valence-corrected chi connectivity index (χ0v) is 15.2. The number of carbonyl (C=O) groups is 1. The summed E-state index contributed by atoms with van der Waals surface area (Å²) in [5.41, 5.74) is 3.54. The maximum atomic E-state index is 13.2. The zero-order chi connectivity index (χ0) is 18.6. The van der Waals surface area contributed by atoms with Crippen LogP contribution in [0.25, 0.3) is 5.65 Å². The topological polar surface area (TPSA) is 83.4 Å². The van der Waals surface area contributed by atoms with Gasteiger partial charge < -0.3 is 4.90 Å². The third kappa shape index (κ3) is 2.34. The molecule has 5 rings (SSSR count). The second kappa shape index (κ2) is 5.77. The lowest BCUT2D eigenvalue weighted by molar-refractivity contribution is 0.0630. The number of aromatic amines is 1. The van der Waals surface area contributed by atoms with Gasteiger partial charge in [-0.3, -0.25) is 19.1 Å². The van der Waals surface area contributed by atoms with E-state index in [9.17, 15) is 9.59 Å². The summed E-state index contributed by atoms with van der Waals surface area (Å²) in [7, 11) is 0. The minimum absolute atomic E-state index is 0.0594. The first-order valence-electron chi connectivity index (χ1n) is 9.38. The van der Waals surface area contributed by atoms with Gasteiger partial charge >= 0.3 is 0 Å². The molecule has 1 spiro atoms. The number of carbonyl (C=O) groups excluding carboxylic acids is 1. The highest BCUT2D eigenvalue weighted by molar-refractivity contribution is 5.94. The number of fused-ring (bicyclic) bond motifs is 3. The number of pyridine rings is 1. The van der Waals surface area contributed by atoms with Crippen molar-refractivity contribution in [1.29, 1.82) is 0 Å². The number of likely N-dealkylation sites (tertiary alicyclic amines) is 1. The summed E-state index contributed by atoms with van der Waals surface area (Å²) in [6.07, 6.45) is 7.30. The standard InChI is InChI=1S/C20H21N5O2/c1-13-4-2-5-16-21-11-15(19(27)25(13)16)18(26)24-9-3-7-20(12-24)8-6-14-10-22-23-17(14)20/h2,4-5,10-11H,3,6-9,12H2,1H3,(H,22,23). The predicted molar refractivity (Wildman–Crippen MR) is 99.9 cm³/mol. The maximum absolute atomic E-state index is 13.2. The lowest BCUT2D eigenvalue weighted by Crippen LogP contribution is -2.49.